The van der Waals surface area contributed by atoms with Crippen molar-refractivity contribution in [2.24, 2.45) is 23.7 Å². The fourth-order valence-electron chi connectivity index (χ4n) is 3.99. The summed E-state index contributed by atoms with van der Waals surface area (Å²) in [6, 6.07) is 0. The van der Waals surface area contributed by atoms with Crippen LogP contribution in [-0.2, 0) is 18.8 Å². The Bertz CT molecular complexity index is 828. The molecule has 6 heteroatoms. The predicted molar refractivity (Wildman–Crippen MR) is 152 cm³/mol. The molecule has 0 aliphatic heterocycles. The third-order valence-corrected chi connectivity index (χ3v) is 12.8. The van der Waals surface area contributed by atoms with Crippen LogP contribution in [-0.4, -0.2) is 33.3 Å². The molecule has 0 heterocycles. The lowest BCUT2D eigenvalue weighted by Gasteiger charge is -2.39. The summed E-state index contributed by atoms with van der Waals surface area (Å²) in [6.45, 7) is 17.6. The molecule has 0 spiro atoms. The SMILES string of the molecule is CC#CC[C@H](C)[C@H](C)/C=C/[C@H]1C(O[Si](C)(C)C(C)(C)C)CC(=O)[C@@H]1C/C(Br)=C/CCCC(=O)OC. The molecule has 0 amide bonds. The van der Waals surface area contributed by atoms with Crippen molar-refractivity contribution in [1.82, 2.24) is 0 Å². The average molecular weight is 568 g/mol. The van der Waals surface area contributed by atoms with Crippen molar-refractivity contribution in [2.45, 2.75) is 104 Å². The van der Waals surface area contributed by atoms with E-state index in [4.69, 9.17) is 9.16 Å². The molecule has 0 saturated heterocycles. The number of allylic oxidation sites excluding steroid dienone is 3. The molecule has 1 unspecified atom stereocenters. The maximum Gasteiger partial charge on any atom is 0.305 e. The monoisotopic (exact) mass is 566 g/mol. The van der Waals surface area contributed by atoms with Gasteiger partial charge < -0.3 is 9.16 Å². The number of hydrogen-bond donors (Lipinski definition) is 0. The number of methoxy groups -OCH3 is 1. The minimum atomic E-state index is -2.02. The van der Waals surface area contributed by atoms with E-state index in [1.54, 1.807) is 0 Å². The van der Waals surface area contributed by atoms with Gasteiger partial charge in [-0.3, -0.25) is 9.59 Å². The van der Waals surface area contributed by atoms with Crippen LogP contribution in [0.1, 0.15) is 80.1 Å². The maximum absolute atomic E-state index is 13.2. The van der Waals surface area contributed by atoms with E-state index in [9.17, 15) is 9.59 Å². The summed E-state index contributed by atoms with van der Waals surface area (Å²) >= 11 is 3.69. The molecule has 0 aromatic heterocycles. The zero-order valence-electron chi connectivity index (χ0n) is 23.4. The van der Waals surface area contributed by atoms with Crippen LogP contribution in [0.5, 0.6) is 0 Å². The standard InChI is InChI=1S/C29H47BrO4Si/c1-10-11-14-21(2)22(3)17-18-24-25(19-23(30)15-12-13-16-28(32)33-7)26(31)20-27(24)34-35(8,9)29(4,5)6/h15,17-18,21-22,24-25,27H,12-14,16,19-20H2,1-9H3/b18-17+,23-15-/t21-,22+,24+,25+,27?/m0/s1. The van der Waals surface area contributed by atoms with Crippen LogP contribution in [0.25, 0.3) is 0 Å². The second-order valence-electron chi connectivity index (χ2n) is 11.4. The fraction of sp³-hybridized carbons (Fsp3) is 0.724. The number of unbranched alkanes of at least 4 members (excludes halogenated alkanes) is 1. The van der Waals surface area contributed by atoms with Gasteiger partial charge in [-0.25, -0.2) is 0 Å². The molecule has 35 heavy (non-hydrogen) atoms. The number of esters is 1. The van der Waals surface area contributed by atoms with Gasteiger partial charge in [-0.2, -0.15) is 0 Å². The van der Waals surface area contributed by atoms with Crippen molar-refractivity contribution in [1.29, 1.82) is 0 Å². The van der Waals surface area contributed by atoms with E-state index in [0.717, 1.165) is 23.7 Å². The Hall–Kier alpha value is -1.16. The molecular formula is C29H47BrO4Si. The molecule has 4 nitrogen and oxygen atoms in total. The summed E-state index contributed by atoms with van der Waals surface area (Å²) < 4.78 is 12.5. The zero-order valence-corrected chi connectivity index (χ0v) is 26.0. The number of carbonyl (C=O) groups is 2. The van der Waals surface area contributed by atoms with Crippen molar-refractivity contribution in [2.75, 3.05) is 7.11 Å². The highest BCUT2D eigenvalue weighted by atomic mass is 79.9. The van der Waals surface area contributed by atoms with Gasteiger partial charge in [-0.15, -0.1) is 11.8 Å². The Kier molecular flexibility index (Phi) is 13.2. The fourth-order valence-corrected chi connectivity index (χ4v) is 5.91. The minimum Gasteiger partial charge on any atom is -0.469 e. The van der Waals surface area contributed by atoms with Crippen LogP contribution >= 0.6 is 15.9 Å². The number of hydrogen-bond acceptors (Lipinski definition) is 4. The molecule has 1 fully saturated rings. The van der Waals surface area contributed by atoms with Gasteiger partial charge in [0.05, 0.1) is 13.2 Å². The number of rotatable bonds is 12. The molecule has 1 aliphatic rings. The molecule has 0 aromatic rings. The second kappa shape index (κ2) is 14.5. The normalized spacial score (nSPS) is 23.2. The van der Waals surface area contributed by atoms with E-state index in [0.29, 0.717) is 31.1 Å². The summed E-state index contributed by atoms with van der Waals surface area (Å²) in [5.41, 5.74) is 0. The second-order valence-corrected chi connectivity index (χ2v) is 17.2. The molecule has 0 bridgehead atoms. The quantitative estimate of drug-likeness (QED) is 0.0793. The van der Waals surface area contributed by atoms with Crippen LogP contribution in [0, 0.1) is 35.5 Å². The Morgan fingerprint density at radius 2 is 1.94 bits per heavy atom. The van der Waals surface area contributed by atoms with Gasteiger partial charge in [-0.05, 0) is 60.6 Å². The first-order valence-corrected chi connectivity index (χ1v) is 16.6. The highest BCUT2D eigenvalue weighted by Gasteiger charge is 2.47. The molecule has 1 rings (SSSR count). The largest absolute Gasteiger partial charge is 0.469 e. The molecule has 0 N–H and O–H groups in total. The van der Waals surface area contributed by atoms with E-state index >= 15 is 0 Å². The average Bonchev–Trinajstić information content (AvgIpc) is 3.05. The third-order valence-electron chi connectivity index (χ3n) is 7.69. The first-order valence-electron chi connectivity index (χ1n) is 12.9. The first-order chi connectivity index (χ1) is 16.2. The molecule has 5 atom stereocenters. The Labute approximate surface area is 223 Å². The molecule has 1 aliphatic carbocycles. The van der Waals surface area contributed by atoms with E-state index in [1.807, 2.05) is 6.92 Å². The van der Waals surface area contributed by atoms with Crippen LogP contribution in [0.15, 0.2) is 22.7 Å². The van der Waals surface area contributed by atoms with Crippen molar-refractivity contribution in [3.63, 3.8) is 0 Å². The van der Waals surface area contributed by atoms with Gasteiger partial charge in [0.1, 0.15) is 5.78 Å². The first kappa shape index (κ1) is 31.9. The van der Waals surface area contributed by atoms with Crippen LogP contribution in [0.4, 0.5) is 0 Å². The Morgan fingerprint density at radius 3 is 2.51 bits per heavy atom. The number of ketones is 1. The summed E-state index contributed by atoms with van der Waals surface area (Å²) in [7, 11) is -0.610. The van der Waals surface area contributed by atoms with Crippen molar-refractivity contribution in [3.05, 3.63) is 22.7 Å². The highest BCUT2D eigenvalue weighted by molar-refractivity contribution is 9.11. The van der Waals surface area contributed by atoms with Gasteiger partial charge in [0.15, 0.2) is 8.32 Å². The molecule has 198 valence electrons. The molecule has 0 radical (unpaired) electrons. The summed E-state index contributed by atoms with van der Waals surface area (Å²) in [6.07, 6.45) is 10.5. The van der Waals surface area contributed by atoms with Gasteiger partial charge >= 0.3 is 5.97 Å². The van der Waals surface area contributed by atoms with E-state index < -0.39 is 8.32 Å². The van der Waals surface area contributed by atoms with Crippen molar-refractivity contribution in [3.8, 4) is 11.8 Å². The van der Waals surface area contributed by atoms with Gasteiger partial charge in [0.2, 0.25) is 0 Å². The summed E-state index contributed by atoms with van der Waals surface area (Å²) in [4.78, 5) is 24.6. The summed E-state index contributed by atoms with van der Waals surface area (Å²) in [5, 5.41) is 0.0865. The lowest BCUT2D eigenvalue weighted by atomic mass is 9.87. The van der Waals surface area contributed by atoms with E-state index in [-0.39, 0.29) is 34.7 Å². The van der Waals surface area contributed by atoms with Crippen molar-refractivity contribution >= 4 is 36.0 Å². The Balaban J connectivity index is 3.07. The van der Waals surface area contributed by atoms with E-state index in [1.165, 1.54) is 7.11 Å². The highest BCUT2D eigenvalue weighted by Crippen LogP contribution is 2.44. The number of halogens is 1. The Morgan fingerprint density at radius 1 is 1.29 bits per heavy atom. The van der Waals surface area contributed by atoms with Crippen LogP contribution in [0.2, 0.25) is 18.1 Å². The minimum absolute atomic E-state index is 0.0551. The number of carbonyl (C=O) groups excluding carboxylic acids is 2. The molecule has 1 saturated carbocycles. The third kappa shape index (κ3) is 10.4. The smallest absolute Gasteiger partial charge is 0.305 e. The maximum atomic E-state index is 13.2. The zero-order chi connectivity index (χ0) is 26.8. The van der Waals surface area contributed by atoms with Gasteiger partial charge in [0, 0.05) is 31.1 Å². The van der Waals surface area contributed by atoms with Gasteiger partial charge in [-0.1, -0.05) is 68.8 Å². The number of Topliss-reactive ketones (excluding diaryl/α,β-unsaturated/α-hetero) is 1. The lowest BCUT2D eigenvalue weighted by molar-refractivity contribution is -0.140. The van der Waals surface area contributed by atoms with Gasteiger partial charge in [0.25, 0.3) is 0 Å². The molecular weight excluding hydrogens is 520 g/mol. The van der Waals surface area contributed by atoms with Crippen molar-refractivity contribution < 1.29 is 18.8 Å². The topological polar surface area (TPSA) is 52.6 Å². The van der Waals surface area contributed by atoms with Crippen LogP contribution < -0.4 is 0 Å². The van der Waals surface area contributed by atoms with E-state index in [2.05, 4.69) is 93.7 Å². The number of ether oxygens (including phenoxy) is 1. The summed E-state index contributed by atoms with van der Waals surface area (Å²) in [5.74, 6) is 7.05. The predicted octanol–water partition coefficient (Wildman–Crippen LogP) is 7.84. The van der Waals surface area contributed by atoms with Crippen LogP contribution in [0.3, 0.4) is 0 Å². The lowest BCUT2D eigenvalue weighted by Crippen LogP contribution is -2.45. The molecule has 0 aromatic carbocycles.